The zero-order chi connectivity index (χ0) is 22.4. The van der Waals surface area contributed by atoms with Crippen molar-refractivity contribution in [3.8, 4) is 11.1 Å². The van der Waals surface area contributed by atoms with E-state index in [4.69, 9.17) is 0 Å². The lowest BCUT2D eigenvalue weighted by molar-refractivity contribution is 0.0738. The second-order valence-electron chi connectivity index (χ2n) is 8.78. The predicted molar refractivity (Wildman–Crippen MR) is 122 cm³/mol. The molecule has 2 aromatic heterocycles. The number of amides is 2. The van der Waals surface area contributed by atoms with Gasteiger partial charge in [0.05, 0.1) is 0 Å². The number of rotatable bonds is 3. The summed E-state index contributed by atoms with van der Waals surface area (Å²) in [6.07, 6.45) is 3.52. The molecule has 1 N–H and O–H groups in total. The van der Waals surface area contributed by atoms with Gasteiger partial charge in [-0.3, -0.25) is 14.6 Å². The van der Waals surface area contributed by atoms with Crippen molar-refractivity contribution in [3.05, 3.63) is 78.1 Å². The lowest BCUT2D eigenvalue weighted by Crippen LogP contribution is -2.35. The zero-order valence-corrected chi connectivity index (χ0v) is 17.9. The largest absolute Gasteiger partial charge is 0.338 e. The van der Waals surface area contributed by atoms with Gasteiger partial charge in [0.15, 0.2) is 0 Å². The van der Waals surface area contributed by atoms with Crippen LogP contribution in [-0.4, -0.2) is 68.2 Å². The number of nitrogens with one attached hydrogen (secondary N) is 1. The van der Waals surface area contributed by atoms with Gasteiger partial charge in [-0.2, -0.15) is 15.4 Å². The summed E-state index contributed by atoms with van der Waals surface area (Å²) in [5, 5.41) is 10.7. The molecule has 0 spiro atoms. The molecule has 2 saturated heterocycles. The molecule has 164 valence electrons. The van der Waals surface area contributed by atoms with Gasteiger partial charge in [0, 0.05) is 61.5 Å². The topological polar surface area (TPSA) is 95.1 Å². The number of fused-ring (bicyclic) bond motifs is 2. The summed E-state index contributed by atoms with van der Waals surface area (Å²) < 4.78 is 0. The van der Waals surface area contributed by atoms with E-state index in [1.807, 2.05) is 52.3 Å². The molecular weight excluding hydrogens is 416 g/mol. The Kier molecular flexibility index (Phi) is 4.64. The number of carbonyl (C=O) groups is 2. The first-order valence-corrected chi connectivity index (χ1v) is 11.1. The van der Waals surface area contributed by atoms with E-state index in [0.717, 1.165) is 16.6 Å². The number of benzene rings is 2. The molecule has 8 nitrogen and oxygen atoms in total. The van der Waals surface area contributed by atoms with E-state index in [1.165, 1.54) is 0 Å². The number of nitrogens with zero attached hydrogens (tertiary/aromatic N) is 5. The molecule has 33 heavy (non-hydrogen) atoms. The minimum Gasteiger partial charge on any atom is -0.338 e. The maximum Gasteiger partial charge on any atom is 0.253 e. The Morgan fingerprint density at radius 3 is 1.91 bits per heavy atom. The molecule has 2 amide bonds. The van der Waals surface area contributed by atoms with Crippen LogP contribution in [0.5, 0.6) is 0 Å². The second kappa shape index (κ2) is 7.81. The molecule has 4 aromatic rings. The van der Waals surface area contributed by atoms with E-state index >= 15 is 0 Å². The third-order valence-corrected chi connectivity index (χ3v) is 6.77. The van der Waals surface area contributed by atoms with Gasteiger partial charge >= 0.3 is 0 Å². The molecule has 0 aliphatic carbocycles. The second-order valence-corrected chi connectivity index (χ2v) is 8.78. The number of hydrogen-bond donors (Lipinski definition) is 1. The van der Waals surface area contributed by atoms with Crippen LogP contribution in [0.4, 0.5) is 0 Å². The summed E-state index contributed by atoms with van der Waals surface area (Å²) in [5.74, 6) is 0.688. The number of H-pyrrole nitrogens is 1. The normalized spacial score (nSPS) is 19.8. The van der Waals surface area contributed by atoms with Gasteiger partial charge in [0.1, 0.15) is 11.0 Å². The smallest absolute Gasteiger partial charge is 0.253 e. The number of aromatic nitrogens is 4. The first-order valence-electron chi connectivity index (χ1n) is 11.1. The molecule has 2 fully saturated rings. The molecule has 0 saturated carbocycles. The Labute approximate surface area is 190 Å². The van der Waals surface area contributed by atoms with Gasteiger partial charge in [0.2, 0.25) is 0 Å². The van der Waals surface area contributed by atoms with Crippen molar-refractivity contribution >= 4 is 22.8 Å². The highest BCUT2D eigenvalue weighted by molar-refractivity contribution is 5.97. The van der Waals surface area contributed by atoms with Gasteiger partial charge < -0.3 is 9.80 Å². The Morgan fingerprint density at radius 2 is 1.24 bits per heavy atom. The van der Waals surface area contributed by atoms with Crippen LogP contribution in [0.15, 0.2) is 67.0 Å². The first kappa shape index (κ1) is 19.6. The molecule has 2 atom stereocenters. The summed E-state index contributed by atoms with van der Waals surface area (Å²) in [4.78, 5) is 34.0. The van der Waals surface area contributed by atoms with Gasteiger partial charge in [-0.25, -0.2) is 0 Å². The molecular formula is C25H22N6O2. The fourth-order valence-corrected chi connectivity index (χ4v) is 5.01. The first-order chi connectivity index (χ1) is 16.2. The van der Waals surface area contributed by atoms with Gasteiger partial charge in [-0.15, -0.1) is 0 Å². The lowest BCUT2D eigenvalue weighted by atomic mass is 10.0. The van der Waals surface area contributed by atoms with Crippen LogP contribution in [0.2, 0.25) is 0 Å². The van der Waals surface area contributed by atoms with Crippen molar-refractivity contribution in [2.24, 2.45) is 11.8 Å². The van der Waals surface area contributed by atoms with E-state index in [1.54, 1.807) is 24.5 Å². The van der Waals surface area contributed by atoms with Crippen LogP contribution >= 0.6 is 0 Å². The Balaban J connectivity index is 1.10. The van der Waals surface area contributed by atoms with Crippen LogP contribution in [0, 0.1) is 11.8 Å². The van der Waals surface area contributed by atoms with Crippen molar-refractivity contribution < 1.29 is 9.59 Å². The third-order valence-electron chi connectivity index (χ3n) is 6.77. The maximum absolute atomic E-state index is 13.1. The summed E-state index contributed by atoms with van der Waals surface area (Å²) >= 11 is 0. The van der Waals surface area contributed by atoms with Gasteiger partial charge in [0.25, 0.3) is 11.8 Å². The van der Waals surface area contributed by atoms with E-state index in [-0.39, 0.29) is 11.8 Å². The molecule has 4 heterocycles. The average Bonchev–Trinajstić information content (AvgIpc) is 3.58. The van der Waals surface area contributed by atoms with E-state index < -0.39 is 0 Å². The number of aromatic amines is 1. The average molecular weight is 438 g/mol. The van der Waals surface area contributed by atoms with E-state index in [2.05, 4.69) is 20.4 Å². The van der Waals surface area contributed by atoms with Crippen LogP contribution in [0.25, 0.3) is 22.2 Å². The standard InChI is InChI=1S/C25H22N6O2/c32-24(18-3-1-16(2-4-18)17-7-9-26-10-8-17)30-12-20-14-31(15-21(20)13-30)25(33)19-5-6-22-23(11-19)28-29-27-22/h1-11,20-21H,12-15H2,(H,27,28,29)/t20-,21-/m0/s1. The highest BCUT2D eigenvalue weighted by Crippen LogP contribution is 2.33. The van der Waals surface area contributed by atoms with Crippen molar-refractivity contribution in [2.75, 3.05) is 26.2 Å². The number of hydrogen-bond acceptors (Lipinski definition) is 5. The monoisotopic (exact) mass is 438 g/mol. The summed E-state index contributed by atoms with van der Waals surface area (Å²) in [6, 6.07) is 17.0. The highest BCUT2D eigenvalue weighted by Gasteiger charge is 2.43. The Bertz CT molecular complexity index is 1320. The molecule has 8 heteroatoms. The van der Waals surface area contributed by atoms with Crippen LogP contribution < -0.4 is 0 Å². The zero-order valence-electron chi connectivity index (χ0n) is 17.9. The summed E-state index contributed by atoms with van der Waals surface area (Å²) in [5.41, 5.74) is 4.89. The Morgan fingerprint density at radius 1 is 0.697 bits per heavy atom. The predicted octanol–water partition coefficient (Wildman–Crippen LogP) is 2.86. The molecule has 0 unspecified atom stereocenters. The number of pyridine rings is 1. The van der Waals surface area contributed by atoms with E-state index in [9.17, 15) is 9.59 Å². The number of likely N-dealkylation sites (tertiary alicyclic amines) is 2. The van der Waals surface area contributed by atoms with E-state index in [0.29, 0.717) is 54.7 Å². The van der Waals surface area contributed by atoms with Crippen LogP contribution in [-0.2, 0) is 0 Å². The number of carbonyl (C=O) groups excluding carboxylic acids is 2. The molecule has 2 aliphatic heterocycles. The van der Waals surface area contributed by atoms with Gasteiger partial charge in [-0.05, 0) is 53.6 Å². The minimum atomic E-state index is 0.0128. The fourth-order valence-electron chi connectivity index (χ4n) is 5.01. The minimum absolute atomic E-state index is 0.0128. The molecule has 0 bridgehead atoms. The van der Waals surface area contributed by atoms with Crippen molar-refractivity contribution in [1.82, 2.24) is 30.2 Å². The molecule has 2 aliphatic rings. The lowest BCUT2D eigenvalue weighted by Gasteiger charge is -2.22. The maximum atomic E-state index is 13.1. The third kappa shape index (κ3) is 3.53. The van der Waals surface area contributed by atoms with Crippen LogP contribution in [0.1, 0.15) is 20.7 Å². The SMILES string of the molecule is O=C(c1ccc(-c2ccncc2)cc1)N1C[C@H]2CN(C(=O)c3ccc4n[nH]nc4c3)C[C@@H]2C1. The van der Waals surface area contributed by atoms with Crippen molar-refractivity contribution in [2.45, 2.75) is 0 Å². The Hall–Kier alpha value is -4.07. The van der Waals surface area contributed by atoms with Crippen molar-refractivity contribution in [1.29, 1.82) is 0 Å². The highest BCUT2D eigenvalue weighted by atomic mass is 16.2. The molecule has 0 radical (unpaired) electrons. The van der Waals surface area contributed by atoms with Crippen molar-refractivity contribution in [3.63, 3.8) is 0 Å². The quantitative estimate of drug-likeness (QED) is 0.531. The molecule has 6 rings (SSSR count). The summed E-state index contributed by atoms with van der Waals surface area (Å²) in [7, 11) is 0. The molecule has 2 aromatic carbocycles. The van der Waals surface area contributed by atoms with Crippen LogP contribution in [0.3, 0.4) is 0 Å². The fraction of sp³-hybridized carbons (Fsp3) is 0.240. The summed E-state index contributed by atoms with van der Waals surface area (Å²) in [6.45, 7) is 2.71. The van der Waals surface area contributed by atoms with Gasteiger partial charge in [-0.1, -0.05) is 12.1 Å².